The Balaban J connectivity index is 0.00000300. The molecule has 0 heterocycles. The van der Waals surface area contributed by atoms with Crippen molar-refractivity contribution in [1.29, 1.82) is 0 Å². The Morgan fingerprint density at radius 3 is 2.21 bits per heavy atom. The van der Waals surface area contributed by atoms with Gasteiger partial charge in [-0.15, -0.1) is 5.11 Å². The van der Waals surface area contributed by atoms with Crippen LogP contribution >= 0.6 is 0 Å². The normalized spacial score (nSPS) is 12.2. The van der Waals surface area contributed by atoms with Crippen molar-refractivity contribution in [2.45, 2.75) is 16.7 Å². The molecule has 0 spiro atoms. The molecular formula is C17H13N2NaO7S2. The molecule has 0 aliphatic heterocycles. The summed E-state index contributed by atoms with van der Waals surface area (Å²) < 4.78 is 66.3. The van der Waals surface area contributed by atoms with E-state index in [2.05, 4.69) is 10.2 Å². The molecule has 3 aromatic carbocycles. The molecular weight excluding hydrogens is 431 g/mol. The van der Waals surface area contributed by atoms with Gasteiger partial charge in [0.2, 0.25) is 0 Å². The molecule has 0 unspecified atom stereocenters. The van der Waals surface area contributed by atoms with E-state index in [4.69, 9.17) is 0 Å². The third-order valence-corrected chi connectivity index (χ3v) is 5.66. The summed E-state index contributed by atoms with van der Waals surface area (Å²) in [5.41, 5.74) is 0.912. The molecule has 9 nitrogen and oxygen atoms in total. The van der Waals surface area contributed by atoms with Crippen molar-refractivity contribution in [3.05, 3.63) is 54.1 Å². The van der Waals surface area contributed by atoms with Crippen LogP contribution in [0.15, 0.2) is 68.6 Å². The van der Waals surface area contributed by atoms with E-state index in [1.54, 1.807) is 31.2 Å². The molecule has 2 N–H and O–H groups in total. The molecule has 0 aromatic heterocycles. The topological polar surface area (TPSA) is 157 Å². The number of fused-ring (bicyclic) bond motifs is 1. The van der Waals surface area contributed by atoms with Gasteiger partial charge in [-0.1, -0.05) is 24.3 Å². The van der Waals surface area contributed by atoms with Crippen molar-refractivity contribution in [3.8, 4) is 5.75 Å². The van der Waals surface area contributed by atoms with Crippen molar-refractivity contribution in [2.75, 3.05) is 0 Å². The van der Waals surface area contributed by atoms with E-state index in [0.29, 0.717) is 5.69 Å². The van der Waals surface area contributed by atoms with E-state index in [9.17, 15) is 31.0 Å². The zero-order chi connectivity index (χ0) is 20.7. The number of hydrogen-bond donors (Lipinski definition) is 2. The fourth-order valence-electron chi connectivity index (χ4n) is 2.56. The van der Waals surface area contributed by atoms with Gasteiger partial charge in [-0.25, -0.2) is 8.42 Å². The van der Waals surface area contributed by atoms with Crippen LogP contribution in [0.2, 0.25) is 0 Å². The van der Waals surface area contributed by atoms with Crippen molar-refractivity contribution in [2.24, 2.45) is 10.2 Å². The quantitative estimate of drug-likeness (QED) is 0.335. The van der Waals surface area contributed by atoms with E-state index in [1.165, 1.54) is 6.07 Å². The Morgan fingerprint density at radius 2 is 1.62 bits per heavy atom. The Bertz CT molecular complexity index is 1340. The van der Waals surface area contributed by atoms with Gasteiger partial charge >= 0.3 is 29.6 Å². The standard InChI is InChI=1S/C17H14N2O7S2.Na/c1-10-4-2-3-5-14(10)18-19-16-13-7-6-12(27(21,22)23)8-11(13)9-15(17(16)20)28(24,25)26;/h2-9,20H,1H3,(H,21,22,23)(H,24,25,26);/q;+1/p-1. The fraction of sp³-hybridized carbons (Fsp3) is 0.0588. The molecule has 0 atom stereocenters. The zero-order valence-corrected chi connectivity index (χ0v) is 18.9. The first kappa shape index (κ1) is 23.4. The second-order valence-electron chi connectivity index (χ2n) is 5.87. The third kappa shape index (κ3) is 5.01. The summed E-state index contributed by atoms with van der Waals surface area (Å²) in [6.45, 7) is 1.77. The second kappa shape index (κ2) is 8.48. The number of phenolic OH excluding ortho intramolecular Hbond substituents is 1. The second-order valence-corrected chi connectivity index (χ2v) is 8.64. The maximum absolute atomic E-state index is 11.6. The Labute approximate surface area is 188 Å². The number of nitrogens with zero attached hydrogens (tertiary/aromatic N) is 2. The number of aryl methyl sites for hydroxylation is 1. The van der Waals surface area contributed by atoms with Crippen LogP contribution in [0, 0.1) is 6.92 Å². The maximum atomic E-state index is 11.6. The van der Waals surface area contributed by atoms with Gasteiger partial charge in [0.05, 0.1) is 10.6 Å². The van der Waals surface area contributed by atoms with E-state index in [0.717, 1.165) is 23.8 Å². The van der Waals surface area contributed by atoms with Crippen LogP contribution in [-0.2, 0) is 20.2 Å². The molecule has 0 fully saturated rings. The van der Waals surface area contributed by atoms with Crippen LogP contribution in [0.3, 0.4) is 0 Å². The minimum absolute atomic E-state index is 0. The number of benzene rings is 3. The summed E-state index contributed by atoms with van der Waals surface area (Å²) in [5, 5.41) is 18.3. The fourth-order valence-corrected chi connectivity index (χ4v) is 3.69. The molecule has 146 valence electrons. The molecule has 0 saturated carbocycles. The van der Waals surface area contributed by atoms with Crippen LogP contribution < -0.4 is 29.6 Å². The van der Waals surface area contributed by atoms with Crippen molar-refractivity contribution >= 4 is 42.4 Å². The maximum Gasteiger partial charge on any atom is 1.00 e. The molecule has 0 saturated heterocycles. The van der Waals surface area contributed by atoms with Crippen LogP contribution in [0.4, 0.5) is 11.4 Å². The predicted molar refractivity (Wildman–Crippen MR) is 98.7 cm³/mol. The summed E-state index contributed by atoms with van der Waals surface area (Å²) in [4.78, 5) is -1.49. The van der Waals surface area contributed by atoms with Crippen molar-refractivity contribution in [3.63, 3.8) is 0 Å². The van der Waals surface area contributed by atoms with E-state index < -0.39 is 35.8 Å². The predicted octanol–water partition coefficient (Wildman–Crippen LogP) is 0.424. The molecule has 12 heteroatoms. The van der Waals surface area contributed by atoms with Gasteiger partial charge in [0, 0.05) is 5.39 Å². The molecule has 29 heavy (non-hydrogen) atoms. The molecule has 3 aromatic rings. The first-order valence-electron chi connectivity index (χ1n) is 7.69. The molecule has 0 aliphatic rings. The van der Waals surface area contributed by atoms with Gasteiger partial charge in [0.15, 0.2) is 5.75 Å². The molecule has 3 rings (SSSR count). The summed E-state index contributed by atoms with van der Waals surface area (Å²) >= 11 is 0. The Kier molecular flexibility index (Phi) is 6.85. The smallest absolute Gasteiger partial charge is 0.744 e. The third-order valence-electron chi connectivity index (χ3n) is 3.96. The van der Waals surface area contributed by atoms with Gasteiger partial charge in [-0.2, -0.15) is 13.5 Å². The van der Waals surface area contributed by atoms with E-state index >= 15 is 0 Å². The van der Waals surface area contributed by atoms with Gasteiger partial charge in [-0.3, -0.25) is 4.55 Å². The minimum atomic E-state index is -4.87. The first-order chi connectivity index (χ1) is 13.0. The monoisotopic (exact) mass is 444 g/mol. The molecule has 0 amide bonds. The SMILES string of the molecule is Cc1ccccc1N=Nc1c(O)c(S(=O)(=O)O)cc2cc(S(=O)(=O)[O-])ccc12.[Na+]. The number of azo groups is 1. The summed E-state index contributed by atoms with van der Waals surface area (Å²) in [7, 11) is -9.67. The number of phenols is 1. The molecule has 0 aliphatic carbocycles. The Morgan fingerprint density at radius 1 is 0.966 bits per heavy atom. The average molecular weight is 444 g/mol. The van der Waals surface area contributed by atoms with Gasteiger partial charge in [-0.05, 0) is 42.1 Å². The van der Waals surface area contributed by atoms with Crippen molar-refractivity contribution in [1.82, 2.24) is 0 Å². The number of aromatic hydroxyl groups is 1. The largest absolute Gasteiger partial charge is 1.00 e. The van der Waals surface area contributed by atoms with Gasteiger partial charge in [0.1, 0.15) is 20.7 Å². The van der Waals surface area contributed by atoms with Crippen LogP contribution in [0.1, 0.15) is 5.56 Å². The minimum Gasteiger partial charge on any atom is -0.744 e. The van der Waals surface area contributed by atoms with Crippen molar-refractivity contribution < 1.29 is 60.6 Å². The number of rotatable bonds is 4. The first-order valence-corrected chi connectivity index (χ1v) is 10.5. The summed E-state index contributed by atoms with van der Waals surface area (Å²) in [6.07, 6.45) is 0. The molecule has 0 radical (unpaired) electrons. The van der Waals surface area contributed by atoms with Crippen LogP contribution in [0.5, 0.6) is 5.75 Å². The molecule has 0 bridgehead atoms. The average Bonchev–Trinajstić information content (AvgIpc) is 2.59. The summed E-state index contributed by atoms with van der Waals surface area (Å²) in [6, 6.07) is 10.9. The van der Waals surface area contributed by atoms with E-state index in [-0.39, 0.29) is 46.0 Å². The van der Waals surface area contributed by atoms with Gasteiger partial charge in [0.25, 0.3) is 10.1 Å². The summed E-state index contributed by atoms with van der Waals surface area (Å²) in [5.74, 6) is -0.856. The van der Waals surface area contributed by atoms with Gasteiger partial charge < -0.3 is 9.66 Å². The van der Waals surface area contributed by atoms with E-state index in [1.807, 2.05) is 0 Å². The zero-order valence-electron chi connectivity index (χ0n) is 15.3. The van der Waals surface area contributed by atoms with Crippen LogP contribution in [0.25, 0.3) is 10.8 Å². The Hall–Kier alpha value is -1.86. The number of hydrogen-bond acceptors (Lipinski definition) is 8. The van der Waals surface area contributed by atoms with Crippen LogP contribution in [-0.4, -0.2) is 31.0 Å².